The fourth-order valence-electron chi connectivity index (χ4n) is 5.24. The van der Waals surface area contributed by atoms with Crippen molar-refractivity contribution < 1.29 is 4.74 Å². The molecule has 2 saturated carbocycles. The van der Waals surface area contributed by atoms with Crippen molar-refractivity contribution in [3.8, 4) is 0 Å². The molecule has 0 atom stereocenters. The van der Waals surface area contributed by atoms with Gasteiger partial charge in [-0.1, -0.05) is 45.4 Å². The van der Waals surface area contributed by atoms with Gasteiger partial charge in [-0.15, -0.1) is 0 Å². The van der Waals surface area contributed by atoms with E-state index in [0.29, 0.717) is 5.41 Å². The Bertz CT molecular complexity index is 267. The molecule has 1 heteroatoms. The summed E-state index contributed by atoms with van der Waals surface area (Å²) in [6, 6.07) is 0. The Balaban J connectivity index is 1.56. The Morgan fingerprint density at radius 2 is 1.53 bits per heavy atom. The summed E-state index contributed by atoms with van der Waals surface area (Å²) in [6.07, 6.45) is 16.5. The molecule has 0 N–H and O–H groups in total. The van der Waals surface area contributed by atoms with Crippen molar-refractivity contribution in [2.24, 2.45) is 23.2 Å². The van der Waals surface area contributed by atoms with Crippen molar-refractivity contribution >= 4 is 0 Å². The summed E-state index contributed by atoms with van der Waals surface area (Å²) in [6.45, 7) is 4.50. The SMILES string of the molecule is CCCC1(C2COC2)CCC(C2CCCCC2)CC1. The van der Waals surface area contributed by atoms with Gasteiger partial charge in [0, 0.05) is 5.92 Å². The van der Waals surface area contributed by atoms with Crippen LogP contribution < -0.4 is 0 Å². The van der Waals surface area contributed by atoms with E-state index in [1.54, 1.807) is 0 Å². The quantitative estimate of drug-likeness (QED) is 0.679. The summed E-state index contributed by atoms with van der Waals surface area (Å²) >= 11 is 0. The molecule has 110 valence electrons. The van der Waals surface area contributed by atoms with Gasteiger partial charge >= 0.3 is 0 Å². The lowest BCUT2D eigenvalue weighted by atomic mass is 9.58. The predicted molar refractivity (Wildman–Crippen MR) is 80.2 cm³/mol. The van der Waals surface area contributed by atoms with Gasteiger partial charge in [-0.25, -0.2) is 0 Å². The molecule has 0 aromatic carbocycles. The average molecular weight is 264 g/mol. The zero-order valence-corrected chi connectivity index (χ0v) is 12.8. The highest BCUT2D eigenvalue weighted by molar-refractivity contribution is 4.94. The van der Waals surface area contributed by atoms with E-state index < -0.39 is 0 Å². The summed E-state index contributed by atoms with van der Waals surface area (Å²) in [4.78, 5) is 0. The van der Waals surface area contributed by atoms with Gasteiger partial charge in [0.15, 0.2) is 0 Å². The maximum absolute atomic E-state index is 5.50. The van der Waals surface area contributed by atoms with Crippen molar-refractivity contribution in [3.63, 3.8) is 0 Å². The summed E-state index contributed by atoms with van der Waals surface area (Å²) in [5.74, 6) is 3.07. The molecule has 3 fully saturated rings. The molecule has 1 heterocycles. The standard InChI is InChI=1S/C18H32O/c1-2-10-18(17-13-19-14-17)11-8-16(9-12-18)15-6-4-3-5-7-15/h15-17H,2-14H2,1H3. The minimum absolute atomic E-state index is 0.679. The molecular weight excluding hydrogens is 232 g/mol. The Morgan fingerprint density at radius 3 is 2.05 bits per heavy atom. The van der Waals surface area contributed by atoms with Crippen molar-refractivity contribution in [3.05, 3.63) is 0 Å². The Morgan fingerprint density at radius 1 is 0.895 bits per heavy atom. The molecule has 1 saturated heterocycles. The Kier molecular flexibility index (Phi) is 4.51. The molecule has 1 aliphatic heterocycles. The summed E-state index contributed by atoms with van der Waals surface area (Å²) < 4.78 is 5.50. The molecule has 0 aromatic rings. The molecule has 1 nitrogen and oxygen atoms in total. The first kappa shape index (κ1) is 13.9. The second-order valence-corrected chi connectivity index (χ2v) is 7.58. The van der Waals surface area contributed by atoms with Crippen LogP contribution in [0.2, 0.25) is 0 Å². The third-order valence-electron chi connectivity index (χ3n) is 6.59. The van der Waals surface area contributed by atoms with Gasteiger partial charge in [-0.05, 0) is 49.4 Å². The zero-order chi connectivity index (χ0) is 13.1. The topological polar surface area (TPSA) is 9.23 Å². The van der Waals surface area contributed by atoms with Crippen LogP contribution >= 0.6 is 0 Å². The summed E-state index contributed by atoms with van der Waals surface area (Å²) in [5, 5.41) is 0. The van der Waals surface area contributed by atoms with Gasteiger partial charge in [0.2, 0.25) is 0 Å². The van der Waals surface area contributed by atoms with Crippen LogP contribution in [0.15, 0.2) is 0 Å². The molecule has 19 heavy (non-hydrogen) atoms. The lowest BCUT2D eigenvalue weighted by Gasteiger charge is -2.50. The maximum atomic E-state index is 5.50. The van der Waals surface area contributed by atoms with Gasteiger partial charge in [-0.3, -0.25) is 0 Å². The number of ether oxygens (including phenoxy) is 1. The Labute approximate surface area is 119 Å². The van der Waals surface area contributed by atoms with E-state index in [1.807, 2.05) is 0 Å². The van der Waals surface area contributed by atoms with Crippen molar-refractivity contribution in [2.45, 2.75) is 77.6 Å². The lowest BCUT2D eigenvalue weighted by Crippen LogP contribution is -2.46. The fraction of sp³-hybridized carbons (Fsp3) is 1.00. The highest BCUT2D eigenvalue weighted by atomic mass is 16.5. The smallest absolute Gasteiger partial charge is 0.0521 e. The monoisotopic (exact) mass is 264 g/mol. The second-order valence-electron chi connectivity index (χ2n) is 7.58. The second kappa shape index (κ2) is 6.16. The molecule has 0 spiro atoms. The summed E-state index contributed by atoms with van der Waals surface area (Å²) in [7, 11) is 0. The average Bonchev–Trinajstić information content (AvgIpc) is 2.39. The van der Waals surface area contributed by atoms with E-state index in [2.05, 4.69) is 6.92 Å². The van der Waals surface area contributed by atoms with Crippen LogP contribution in [0.25, 0.3) is 0 Å². The van der Waals surface area contributed by atoms with Crippen LogP contribution in [-0.2, 0) is 4.74 Å². The highest BCUT2D eigenvalue weighted by Gasteiger charge is 2.45. The van der Waals surface area contributed by atoms with Gasteiger partial charge in [0.1, 0.15) is 0 Å². The predicted octanol–water partition coefficient (Wildman–Crippen LogP) is 5.19. The van der Waals surface area contributed by atoms with Crippen LogP contribution in [0.4, 0.5) is 0 Å². The van der Waals surface area contributed by atoms with Gasteiger partial charge < -0.3 is 4.74 Å². The largest absolute Gasteiger partial charge is 0.381 e. The molecule has 3 aliphatic rings. The van der Waals surface area contributed by atoms with E-state index in [4.69, 9.17) is 4.74 Å². The molecular formula is C18H32O. The highest BCUT2D eigenvalue weighted by Crippen LogP contribution is 2.52. The van der Waals surface area contributed by atoms with Crippen LogP contribution in [0.5, 0.6) is 0 Å². The molecule has 0 radical (unpaired) electrons. The fourth-order valence-corrected chi connectivity index (χ4v) is 5.24. The van der Waals surface area contributed by atoms with E-state index in [0.717, 1.165) is 31.0 Å². The first-order valence-electron chi connectivity index (χ1n) is 8.92. The minimum Gasteiger partial charge on any atom is -0.381 e. The maximum Gasteiger partial charge on any atom is 0.0521 e. The van der Waals surface area contributed by atoms with E-state index in [9.17, 15) is 0 Å². The van der Waals surface area contributed by atoms with Crippen molar-refractivity contribution in [1.82, 2.24) is 0 Å². The number of hydrogen-bond acceptors (Lipinski definition) is 1. The van der Waals surface area contributed by atoms with Gasteiger partial charge in [0.05, 0.1) is 13.2 Å². The zero-order valence-electron chi connectivity index (χ0n) is 12.8. The number of hydrogen-bond donors (Lipinski definition) is 0. The lowest BCUT2D eigenvalue weighted by molar-refractivity contribution is -0.121. The molecule has 0 bridgehead atoms. The molecule has 0 aromatic heterocycles. The van der Waals surface area contributed by atoms with Crippen LogP contribution in [0.3, 0.4) is 0 Å². The van der Waals surface area contributed by atoms with Crippen LogP contribution in [0.1, 0.15) is 77.6 Å². The molecule has 3 rings (SSSR count). The molecule has 2 aliphatic carbocycles. The first-order valence-corrected chi connectivity index (χ1v) is 8.92. The normalized spacial score (nSPS) is 38.1. The van der Waals surface area contributed by atoms with Gasteiger partial charge in [-0.2, -0.15) is 0 Å². The van der Waals surface area contributed by atoms with Crippen LogP contribution in [-0.4, -0.2) is 13.2 Å². The van der Waals surface area contributed by atoms with Crippen LogP contribution in [0, 0.1) is 23.2 Å². The van der Waals surface area contributed by atoms with E-state index >= 15 is 0 Å². The molecule has 0 amide bonds. The van der Waals surface area contributed by atoms with E-state index in [1.165, 1.54) is 70.6 Å². The van der Waals surface area contributed by atoms with Crippen molar-refractivity contribution in [2.75, 3.05) is 13.2 Å². The first-order chi connectivity index (χ1) is 9.34. The summed E-state index contributed by atoms with van der Waals surface area (Å²) in [5.41, 5.74) is 0.679. The Hall–Kier alpha value is -0.0400. The third-order valence-corrected chi connectivity index (χ3v) is 6.59. The third kappa shape index (κ3) is 2.86. The van der Waals surface area contributed by atoms with Crippen molar-refractivity contribution in [1.29, 1.82) is 0 Å². The van der Waals surface area contributed by atoms with E-state index in [-0.39, 0.29) is 0 Å². The molecule has 0 unspecified atom stereocenters. The van der Waals surface area contributed by atoms with Gasteiger partial charge in [0.25, 0.3) is 0 Å². The minimum atomic E-state index is 0.679. The number of rotatable bonds is 4.